The van der Waals surface area contributed by atoms with E-state index in [4.69, 9.17) is 19.2 Å². The van der Waals surface area contributed by atoms with Crippen LogP contribution in [0.4, 0.5) is 0 Å². The molecule has 6 nitrogen and oxygen atoms in total. The van der Waals surface area contributed by atoms with Crippen LogP contribution in [-0.4, -0.2) is 41.9 Å². The van der Waals surface area contributed by atoms with E-state index in [1.807, 2.05) is 37.3 Å². The van der Waals surface area contributed by atoms with Gasteiger partial charge in [-0.15, -0.1) is 11.3 Å². The highest BCUT2D eigenvalue weighted by atomic mass is 32.1. The quantitative estimate of drug-likeness (QED) is 0.404. The monoisotopic (exact) mass is 440 g/mol. The fourth-order valence-electron chi connectivity index (χ4n) is 3.08. The zero-order chi connectivity index (χ0) is 22.1. The normalized spacial score (nSPS) is 11.8. The Labute approximate surface area is 187 Å². The van der Waals surface area contributed by atoms with Crippen LogP contribution in [0.15, 0.2) is 48.7 Å². The van der Waals surface area contributed by atoms with E-state index in [1.165, 1.54) is 4.88 Å². The third kappa shape index (κ3) is 6.60. The van der Waals surface area contributed by atoms with Crippen LogP contribution >= 0.6 is 11.3 Å². The Morgan fingerprint density at radius 3 is 2.58 bits per heavy atom. The van der Waals surface area contributed by atoms with Crippen molar-refractivity contribution in [2.75, 3.05) is 19.8 Å². The second-order valence-corrected chi connectivity index (χ2v) is 8.07. The van der Waals surface area contributed by atoms with E-state index in [9.17, 15) is 4.79 Å². The number of ether oxygens (including phenoxy) is 3. The summed E-state index contributed by atoms with van der Waals surface area (Å²) in [6, 6.07) is 13.9. The van der Waals surface area contributed by atoms with Crippen molar-refractivity contribution >= 4 is 17.3 Å². The van der Waals surface area contributed by atoms with E-state index in [0.717, 1.165) is 28.4 Å². The largest absolute Gasteiger partial charge is 0.492 e. The first kappa shape index (κ1) is 22.9. The maximum Gasteiger partial charge on any atom is 0.335 e. The van der Waals surface area contributed by atoms with Crippen molar-refractivity contribution in [1.82, 2.24) is 9.97 Å². The maximum atomic E-state index is 12.0. The molecule has 0 aliphatic rings. The molecule has 1 aromatic carbocycles. The van der Waals surface area contributed by atoms with Gasteiger partial charge >= 0.3 is 5.97 Å². The van der Waals surface area contributed by atoms with Gasteiger partial charge in [0, 0.05) is 35.6 Å². The Kier molecular flexibility index (Phi) is 8.55. The van der Waals surface area contributed by atoms with Gasteiger partial charge in [-0.2, -0.15) is 0 Å². The molecule has 0 amide bonds. The molecule has 0 saturated heterocycles. The molecule has 0 spiro atoms. The van der Waals surface area contributed by atoms with Crippen LogP contribution in [0.5, 0.6) is 5.75 Å². The highest BCUT2D eigenvalue weighted by molar-refractivity contribution is 7.15. The third-order valence-electron chi connectivity index (χ3n) is 4.63. The number of nitrogens with zero attached hydrogens (tertiary/aromatic N) is 2. The van der Waals surface area contributed by atoms with Crippen molar-refractivity contribution in [1.29, 1.82) is 0 Å². The first-order chi connectivity index (χ1) is 15.1. The van der Waals surface area contributed by atoms with Crippen molar-refractivity contribution in [3.8, 4) is 16.3 Å². The van der Waals surface area contributed by atoms with Gasteiger partial charge in [0.05, 0.1) is 25.1 Å². The van der Waals surface area contributed by atoms with Gasteiger partial charge in [-0.05, 0) is 32.9 Å². The number of carbonyl (C=O) groups is 1. The summed E-state index contributed by atoms with van der Waals surface area (Å²) in [5, 5.41) is 1.03. The fraction of sp³-hybridized carbons (Fsp3) is 0.375. The molecule has 164 valence electrons. The minimum Gasteiger partial charge on any atom is -0.492 e. The summed E-state index contributed by atoms with van der Waals surface area (Å²) in [6.07, 6.45) is 2.13. The first-order valence-corrected chi connectivity index (χ1v) is 11.3. The Morgan fingerprint density at radius 2 is 1.90 bits per heavy atom. The molecule has 0 aliphatic heterocycles. The minimum atomic E-state index is -0.643. The Morgan fingerprint density at radius 1 is 1.10 bits per heavy atom. The molecule has 0 bridgehead atoms. The molecule has 7 heteroatoms. The summed E-state index contributed by atoms with van der Waals surface area (Å²) in [5.41, 5.74) is 2.94. The second kappa shape index (κ2) is 11.6. The Balaban J connectivity index is 1.53. The summed E-state index contributed by atoms with van der Waals surface area (Å²) in [7, 11) is 0. The molecule has 0 saturated carbocycles. The second-order valence-electron chi connectivity index (χ2n) is 6.87. The van der Waals surface area contributed by atoms with Gasteiger partial charge in [0.25, 0.3) is 0 Å². The van der Waals surface area contributed by atoms with E-state index in [1.54, 1.807) is 24.5 Å². The van der Waals surface area contributed by atoms with Crippen molar-refractivity contribution < 1.29 is 19.0 Å². The molecule has 1 atom stereocenters. The topological polar surface area (TPSA) is 70.5 Å². The minimum absolute atomic E-state index is 0.327. The van der Waals surface area contributed by atoms with E-state index >= 15 is 0 Å². The summed E-state index contributed by atoms with van der Waals surface area (Å²) in [6.45, 7) is 7.00. The van der Waals surface area contributed by atoms with E-state index in [2.05, 4.69) is 24.0 Å². The molecule has 0 fully saturated rings. The average molecular weight is 441 g/mol. The van der Waals surface area contributed by atoms with Gasteiger partial charge in [-0.3, -0.25) is 4.98 Å². The molecule has 3 rings (SSSR count). The van der Waals surface area contributed by atoms with Gasteiger partial charge in [0.2, 0.25) is 0 Å². The summed E-state index contributed by atoms with van der Waals surface area (Å²) in [4.78, 5) is 22.4. The number of hydrogen-bond acceptors (Lipinski definition) is 7. The van der Waals surface area contributed by atoms with Crippen molar-refractivity contribution in [2.24, 2.45) is 0 Å². The van der Waals surface area contributed by atoms with Gasteiger partial charge in [-0.25, -0.2) is 9.78 Å². The zero-order valence-electron chi connectivity index (χ0n) is 18.2. The number of benzene rings is 1. The molecule has 2 heterocycles. The molecule has 31 heavy (non-hydrogen) atoms. The van der Waals surface area contributed by atoms with Crippen LogP contribution < -0.4 is 4.74 Å². The van der Waals surface area contributed by atoms with Crippen molar-refractivity contribution in [3.05, 3.63) is 64.9 Å². The number of esters is 1. The Bertz CT molecular complexity index is 957. The summed E-state index contributed by atoms with van der Waals surface area (Å²) >= 11 is 1.70. The zero-order valence-corrected chi connectivity index (χ0v) is 19.0. The van der Waals surface area contributed by atoms with Gasteiger partial charge in [0.1, 0.15) is 10.8 Å². The SMILES string of the molecule is CCOC(=O)C(Cc1ccc(OCCc2nc(-c3ccccc3)sc2C)cn1)OCC. The standard InChI is InChI=1S/C24H28N2O4S/c1-4-28-22(24(27)29-5-2)15-19-11-12-20(16-25-19)30-14-13-21-17(3)31-23(26-21)18-9-7-6-8-10-18/h6-12,16,22H,4-5,13-15H2,1-3H3. The highest BCUT2D eigenvalue weighted by Crippen LogP contribution is 2.27. The van der Waals surface area contributed by atoms with Crippen LogP contribution in [-0.2, 0) is 27.1 Å². The first-order valence-electron chi connectivity index (χ1n) is 10.5. The molecule has 0 aliphatic carbocycles. The number of aromatic nitrogens is 2. The van der Waals surface area contributed by atoms with Crippen molar-refractivity contribution in [2.45, 2.75) is 39.7 Å². The third-order valence-corrected chi connectivity index (χ3v) is 5.69. The predicted octanol–water partition coefficient (Wildman–Crippen LogP) is 4.65. The lowest BCUT2D eigenvalue weighted by Gasteiger charge is -2.15. The van der Waals surface area contributed by atoms with Crippen LogP contribution in [0.25, 0.3) is 10.6 Å². The maximum absolute atomic E-state index is 12.0. The van der Waals surface area contributed by atoms with Gasteiger partial charge < -0.3 is 14.2 Å². The molecule has 1 unspecified atom stereocenters. The molecular formula is C24H28N2O4S. The molecular weight excluding hydrogens is 412 g/mol. The van der Waals surface area contributed by atoms with Crippen LogP contribution in [0, 0.1) is 6.92 Å². The lowest BCUT2D eigenvalue weighted by Crippen LogP contribution is -2.29. The number of thiazole rings is 1. The van der Waals surface area contributed by atoms with Gasteiger partial charge in [-0.1, -0.05) is 30.3 Å². The molecule has 0 radical (unpaired) electrons. The van der Waals surface area contributed by atoms with Crippen LogP contribution in [0.2, 0.25) is 0 Å². The van der Waals surface area contributed by atoms with E-state index < -0.39 is 6.10 Å². The number of aryl methyl sites for hydroxylation is 1. The number of hydrogen-bond donors (Lipinski definition) is 0. The predicted molar refractivity (Wildman–Crippen MR) is 121 cm³/mol. The van der Waals surface area contributed by atoms with Crippen LogP contribution in [0.1, 0.15) is 30.1 Å². The van der Waals surface area contributed by atoms with Crippen LogP contribution in [0.3, 0.4) is 0 Å². The number of pyridine rings is 1. The molecule has 0 N–H and O–H groups in total. The number of rotatable bonds is 11. The van der Waals surface area contributed by atoms with E-state index in [0.29, 0.717) is 32.0 Å². The number of carbonyl (C=O) groups excluding carboxylic acids is 1. The molecule has 2 aromatic heterocycles. The Hall–Kier alpha value is -2.77. The van der Waals surface area contributed by atoms with Crippen molar-refractivity contribution in [3.63, 3.8) is 0 Å². The smallest absolute Gasteiger partial charge is 0.335 e. The molecule has 3 aromatic rings. The summed E-state index contributed by atoms with van der Waals surface area (Å²) in [5.74, 6) is 0.323. The highest BCUT2D eigenvalue weighted by Gasteiger charge is 2.21. The lowest BCUT2D eigenvalue weighted by molar-refractivity contribution is -0.156. The lowest BCUT2D eigenvalue weighted by atomic mass is 10.2. The fourth-order valence-corrected chi connectivity index (χ4v) is 4.05. The van der Waals surface area contributed by atoms with Gasteiger partial charge in [0.15, 0.2) is 6.10 Å². The average Bonchev–Trinajstić information content (AvgIpc) is 3.16. The van der Waals surface area contributed by atoms with E-state index in [-0.39, 0.29) is 5.97 Å². The summed E-state index contributed by atoms with van der Waals surface area (Å²) < 4.78 is 16.4.